The number of fused-ring (bicyclic) bond motifs is 1. The maximum absolute atomic E-state index is 4.36. The number of benzene rings is 1. The highest BCUT2D eigenvalue weighted by molar-refractivity contribution is 5.45. The van der Waals surface area contributed by atoms with Gasteiger partial charge < -0.3 is 0 Å². The van der Waals surface area contributed by atoms with E-state index in [1.807, 2.05) is 12.1 Å². The molecule has 2 radical (unpaired) electrons. The van der Waals surface area contributed by atoms with Crippen molar-refractivity contribution in [3.8, 4) is 0 Å². The summed E-state index contributed by atoms with van der Waals surface area (Å²) in [5.74, 6) is 0. The van der Waals surface area contributed by atoms with Crippen molar-refractivity contribution in [2.45, 2.75) is 12.8 Å². The molecule has 0 fully saturated rings. The molecule has 0 N–H and O–H groups in total. The predicted molar refractivity (Wildman–Crippen MR) is 40.3 cm³/mol. The molecule has 2 rings (SSSR count). The van der Waals surface area contributed by atoms with Gasteiger partial charge in [0.25, 0.3) is 0 Å². The van der Waals surface area contributed by atoms with Gasteiger partial charge in [-0.2, -0.15) is 0 Å². The molecule has 0 spiro atoms. The molecule has 1 aromatic carbocycles. The largest absolute Gasteiger partial charge is 0.285 e. The van der Waals surface area contributed by atoms with E-state index in [1.54, 1.807) is 0 Å². The summed E-state index contributed by atoms with van der Waals surface area (Å²) in [6, 6.07) is 9.21. The lowest BCUT2D eigenvalue weighted by atomic mass is 10.0. The Morgan fingerprint density at radius 2 is 2.50 bits per heavy atom. The lowest BCUT2D eigenvalue weighted by Gasteiger charge is -2.13. The number of hydrogen-bond donors (Lipinski definition) is 0. The van der Waals surface area contributed by atoms with Crippen molar-refractivity contribution in [3.05, 3.63) is 29.8 Å². The quantitative estimate of drug-likeness (QED) is 0.508. The molecule has 1 aliphatic rings. The molecule has 1 heteroatoms. The standard InChI is InChI=1S/C9H9N/c1-2-6-9-8(4-1)5-3-7-10-9/h1-2,6H,3,5,7H2. The van der Waals surface area contributed by atoms with Crippen LogP contribution in [0.15, 0.2) is 18.2 Å². The molecule has 0 aromatic heterocycles. The Hall–Kier alpha value is -0.980. The van der Waals surface area contributed by atoms with Crippen LogP contribution in [0.4, 0.5) is 5.69 Å². The first-order chi connectivity index (χ1) is 4.97. The minimum Gasteiger partial charge on any atom is -0.285 e. The van der Waals surface area contributed by atoms with Gasteiger partial charge in [0.15, 0.2) is 0 Å². The van der Waals surface area contributed by atoms with Gasteiger partial charge >= 0.3 is 0 Å². The summed E-state index contributed by atoms with van der Waals surface area (Å²) in [6.07, 6.45) is 2.34. The van der Waals surface area contributed by atoms with Gasteiger partial charge in [-0.05, 0) is 30.5 Å². The maximum atomic E-state index is 4.36. The average molecular weight is 131 g/mol. The second-order valence-corrected chi connectivity index (χ2v) is 2.52. The van der Waals surface area contributed by atoms with Crippen LogP contribution in [0.25, 0.3) is 0 Å². The third kappa shape index (κ3) is 0.878. The predicted octanol–water partition coefficient (Wildman–Crippen LogP) is 1.67. The average Bonchev–Trinajstić information content (AvgIpc) is 2.05. The Labute approximate surface area is 61.1 Å². The molecule has 0 amide bonds. The van der Waals surface area contributed by atoms with Crippen molar-refractivity contribution in [2.75, 3.05) is 6.54 Å². The Kier molecular flexibility index (Phi) is 1.35. The Balaban J connectivity index is 2.41. The van der Waals surface area contributed by atoms with Crippen molar-refractivity contribution < 1.29 is 0 Å². The van der Waals surface area contributed by atoms with E-state index < -0.39 is 0 Å². The fourth-order valence-electron chi connectivity index (χ4n) is 1.27. The summed E-state index contributed by atoms with van der Waals surface area (Å²) in [6.45, 7) is 0.991. The molecule has 1 aliphatic heterocycles. The van der Waals surface area contributed by atoms with E-state index in [2.05, 4.69) is 17.4 Å². The molecule has 1 nitrogen and oxygen atoms in total. The molecule has 0 bridgehead atoms. The maximum Gasteiger partial charge on any atom is 0.0612 e. The summed E-state index contributed by atoms with van der Waals surface area (Å²) in [5.41, 5.74) is 2.43. The molecule has 1 aromatic rings. The summed E-state index contributed by atoms with van der Waals surface area (Å²) >= 11 is 0. The highest BCUT2D eigenvalue weighted by Crippen LogP contribution is 2.19. The minimum absolute atomic E-state index is 0.991. The van der Waals surface area contributed by atoms with E-state index in [4.69, 9.17) is 0 Å². The topological polar surface area (TPSA) is 14.1 Å². The lowest BCUT2D eigenvalue weighted by molar-refractivity contribution is 0.703. The first-order valence-corrected chi connectivity index (χ1v) is 3.64. The van der Waals surface area contributed by atoms with E-state index in [0.29, 0.717) is 0 Å². The van der Waals surface area contributed by atoms with Gasteiger partial charge in [-0.3, -0.25) is 5.32 Å². The molecule has 0 saturated heterocycles. The van der Waals surface area contributed by atoms with Crippen molar-refractivity contribution in [2.24, 2.45) is 0 Å². The van der Waals surface area contributed by atoms with Crippen LogP contribution in [0.1, 0.15) is 12.0 Å². The third-order valence-corrected chi connectivity index (χ3v) is 1.78. The van der Waals surface area contributed by atoms with Crippen LogP contribution < -0.4 is 5.32 Å². The molecular weight excluding hydrogens is 122 g/mol. The molecule has 0 atom stereocenters. The first-order valence-electron chi connectivity index (χ1n) is 3.64. The fraction of sp³-hybridized carbons (Fsp3) is 0.333. The van der Waals surface area contributed by atoms with E-state index in [0.717, 1.165) is 18.7 Å². The number of hydrogen-bond acceptors (Lipinski definition) is 0. The number of rotatable bonds is 0. The van der Waals surface area contributed by atoms with Gasteiger partial charge in [-0.25, -0.2) is 0 Å². The highest BCUT2D eigenvalue weighted by Gasteiger charge is 2.07. The van der Waals surface area contributed by atoms with E-state index in [9.17, 15) is 0 Å². The van der Waals surface area contributed by atoms with E-state index in [1.165, 1.54) is 12.0 Å². The zero-order valence-corrected chi connectivity index (χ0v) is 5.80. The van der Waals surface area contributed by atoms with Gasteiger partial charge in [0.1, 0.15) is 0 Å². The van der Waals surface area contributed by atoms with Crippen molar-refractivity contribution in [1.29, 1.82) is 0 Å². The molecular formula is C9H9N. The number of nitrogens with zero attached hydrogens (tertiary/aromatic N) is 1. The second kappa shape index (κ2) is 2.33. The molecule has 0 aliphatic carbocycles. The fourth-order valence-corrected chi connectivity index (χ4v) is 1.27. The SMILES string of the molecule is [c]1cccc2c1CCC[N]2. The van der Waals surface area contributed by atoms with Crippen molar-refractivity contribution >= 4 is 5.69 Å². The second-order valence-electron chi connectivity index (χ2n) is 2.52. The van der Waals surface area contributed by atoms with Crippen LogP contribution in [-0.4, -0.2) is 6.54 Å². The van der Waals surface area contributed by atoms with Gasteiger partial charge in [0.2, 0.25) is 0 Å². The van der Waals surface area contributed by atoms with E-state index >= 15 is 0 Å². The number of aryl methyl sites for hydroxylation is 1. The van der Waals surface area contributed by atoms with Gasteiger partial charge in [-0.15, -0.1) is 0 Å². The zero-order valence-electron chi connectivity index (χ0n) is 5.80. The molecule has 0 saturated carbocycles. The highest BCUT2D eigenvalue weighted by atomic mass is 14.9. The summed E-state index contributed by atoms with van der Waals surface area (Å²) in [4.78, 5) is 0. The molecule has 1 heterocycles. The first kappa shape index (κ1) is 5.78. The monoisotopic (exact) mass is 131 g/mol. The molecule has 0 unspecified atom stereocenters. The van der Waals surface area contributed by atoms with Gasteiger partial charge in [-0.1, -0.05) is 12.1 Å². The summed E-state index contributed by atoms with van der Waals surface area (Å²) in [7, 11) is 0. The van der Waals surface area contributed by atoms with Crippen LogP contribution in [0.3, 0.4) is 0 Å². The Morgan fingerprint density at radius 1 is 1.50 bits per heavy atom. The lowest BCUT2D eigenvalue weighted by Crippen LogP contribution is -2.09. The van der Waals surface area contributed by atoms with Gasteiger partial charge in [0.05, 0.1) is 5.69 Å². The summed E-state index contributed by atoms with van der Waals surface area (Å²) in [5, 5.41) is 4.36. The van der Waals surface area contributed by atoms with Crippen LogP contribution in [0.5, 0.6) is 0 Å². The van der Waals surface area contributed by atoms with Crippen LogP contribution in [-0.2, 0) is 6.42 Å². The minimum atomic E-state index is 0.991. The Bertz CT molecular complexity index is 205. The van der Waals surface area contributed by atoms with Crippen molar-refractivity contribution in [3.63, 3.8) is 0 Å². The molecule has 50 valence electrons. The molecule has 10 heavy (non-hydrogen) atoms. The van der Waals surface area contributed by atoms with Crippen LogP contribution in [0, 0.1) is 6.07 Å². The van der Waals surface area contributed by atoms with Gasteiger partial charge in [0, 0.05) is 6.54 Å². The normalized spacial score (nSPS) is 15.6. The van der Waals surface area contributed by atoms with Crippen LogP contribution in [0.2, 0.25) is 0 Å². The smallest absolute Gasteiger partial charge is 0.0612 e. The summed E-state index contributed by atoms with van der Waals surface area (Å²) < 4.78 is 0. The Morgan fingerprint density at radius 3 is 3.40 bits per heavy atom. The van der Waals surface area contributed by atoms with Crippen molar-refractivity contribution in [1.82, 2.24) is 5.32 Å². The zero-order chi connectivity index (χ0) is 6.81. The van der Waals surface area contributed by atoms with Crippen LogP contribution >= 0.6 is 0 Å². The third-order valence-electron chi connectivity index (χ3n) is 1.78. The van der Waals surface area contributed by atoms with E-state index in [-0.39, 0.29) is 0 Å².